The summed E-state index contributed by atoms with van der Waals surface area (Å²) in [5.41, 5.74) is 2.83. The lowest BCUT2D eigenvalue weighted by Gasteiger charge is -2.37. The molecule has 2 saturated carbocycles. The standard InChI is InChI=1S/C27H40O/c1-3-5-7-22-8-12-24(13-9-22)26-16-18-27(19-17-26)25-14-10-23(11-15-25)21-28-20-6-4-2/h4-7,10-11,14-15,22,24,26-27H,3,8-9,12-13,16-21H2,1-2H3/b6-4?,7-5+/t22-,24-,26?,27?. The number of rotatable bonds is 8. The van der Waals surface area contributed by atoms with Crippen molar-refractivity contribution in [3.05, 3.63) is 59.7 Å². The zero-order valence-electron chi connectivity index (χ0n) is 18.1. The van der Waals surface area contributed by atoms with Crippen molar-refractivity contribution in [2.45, 2.75) is 84.2 Å². The number of hydrogen-bond acceptors (Lipinski definition) is 1. The first kappa shape index (κ1) is 21.4. The third-order valence-corrected chi connectivity index (χ3v) is 7.07. The van der Waals surface area contributed by atoms with Crippen LogP contribution in [0.25, 0.3) is 0 Å². The fourth-order valence-corrected chi connectivity index (χ4v) is 5.29. The molecule has 28 heavy (non-hydrogen) atoms. The Morgan fingerprint density at radius 2 is 1.50 bits per heavy atom. The Kier molecular flexibility index (Phi) is 8.86. The Morgan fingerprint density at radius 3 is 2.11 bits per heavy atom. The van der Waals surface area contributed by atoms with E-state index in [2.05, 4.69) is 49.4 Å². The quantitative estimate of drug-likeness (QED) is 0.330. The molecule has 3 rings (SSSR count). The van der Waals surface area contributed by atoms with Crippen molar-refractivity contribution in [1.29, 1.82) is 0 Å². The molecule has 0 radical (unpaired) electrons. The number of hydrogen-bond donors (Lipinski definition) is 0. The van der Waals surface area contributed by atoms with Crippen molar-refractivity contribution in [1.82, 2.24) is 0 Å². The maximum atomic E-state index is 5.66. The first-order valence-corrected chi connectivity index (χ1v) is 11.7. The lowest BCUT2D eigenvalue weighted by Crippen LogP contribution is -2.25. The monoisotopic (exact) mass is 380 g/mol. The van der Waals surface area contributed by atoms with Crippen LogP contribution in [0.2, 0.25) is 0 Å². The van der Waals surface area contributed by atoms with Gasteiger partial charge in [-0.05, 0) is 99.5 Å². The Morgan fingerprint density at radius 1 is 0.857 bits per heavy atom. The Bertz CT molecular complexity index is 596. The molecule has 0 heterocycles. The molecule has 0 aromatic heterocycles. The molecule has 1 nitrogen and oxygen atoms in total. The summed E-state index contributed by atoms with van der Waals surface area (Å²) in [4.78, 5) is 0. The largest absolute Gasteiger partial charge is 0.373 e. The van der Waals surface area contributed by atoms with E-state index in [9.17, 15) is 0 Å². The number of allylic oxidation sites excluding steroid dienone is 3. The minimum absolute atomic E-state index is 0.707. The second-order valence-corrected chi connectivity index (χ2v) is 8.95. The minimum Gasteiger partial charge on any atom is -0.373 e. The van der Waals surface area contributed by atoms with E-state index in [1.165, 1.54) is 63.4 Å². The fourth-order valence-electron chi connectivity index (χ4n) is 5.29. The molecule has 1 heteroatoms. The van der Waals surface area contributed by atoms with Gasteiger partial charge in [0.05, 0.1) is 13.2 Å². The van der Waals surface area contributed by atoms with E-state index in [1.54, 1.807) is 5.56 Å². The molecule has 1 aromatic rings. The normalized spacial score (nSPS) is 28.9. The molecule has 0 saturated heterocycles. The molecule has 2 aliphatic carbocycles. The Hall–Kier alpha value is -1.34. The van der Waals surface area contributed by atoms with Gasteiger partial charge < -0.3 is 4.74 Å². The van der Waals surface area contributed by atoms with Crippen LogP contribution in [0.15, 0.2) is 48.6 Å². The second kappa shape index (κ2) is 11.6. The van der Waals surface area contributed by atoms with Gasteiger partial charge in [-0.15, -0.1) is 0 Å². The van der Waals surface area contributed by atoms with Crippen molar-refractivity contribution < 1.29 is 4.74 Å². The summed E-state index contributed by atoms with van der Waals surface area (Å²) in [6, 6.07) is 9.24. The maximum absolute atomic E-state index is 5.66. The Labute approximate surface area is 173 Å². The molecule has 0 aliphatic heterocycles. The third kappa shape index (κ3) is 6.34. The molecule has 0 unspecified atom stereocenters. The SMILES string of the molecule is CC=CCOCc1ccc(C2CCC([C@H]3CC[C@H](/C=C/CC)CC3)CC2)cc1. The molecule has 1 aromatic carbocycles. The van der Waals surface area contributed by atoms with Crippen molar-refractivity contribution in [2.24, 2.45) is 17.8 Å². The highest BCUT2D eigenvalue weighted by Crippen LogP contribution is 2.44. The first-order valence-electron chi connectivity index (χ1n) is 11.7. The van der Waals surface area contributed by atoms with Crippen molar-refractivity contribution in [3.63, 3.8) is 0 Å². The smallest absolute Gasteiger partial charge is 0.0721 e. The Balaban J connectivity index is 1.41. The van der Waals surface area contributed by atoms with Crippen LogP contribution < -0.4 is 0 Å². The van der Waals surface area contributed by atoms with Gasteiger partial charge in [-0.1, -0.05) is 55.5 Å². The van der Waals surface area contributed by atoms with Crippen LogP contribution in [-0.4, -0.2) is 6.61 Å². The van der Waals surface area contributed by atoms with Crippen LogP contribution in [0.1, 0.15) is 88.7 Å². The fraction of sp³-hybridized carbons (Fsp3) is 0.630. The van der Waals surface area contributed by atoms with Gasteiger partial charge in [0.2, 0.25) is 0 Å². The van der Waals surface area contributed by atoms with Gasteiger partial charge in [0.1, 0.15) is 0 Å². The summed E-state index contributed by atoms with van der Waals surface area (Å²) in [5, 5.41) is 0. The maximum Gasteiger partial charge on any atom is 0.0721 e. The van der Waals surface area contributed by atoms with Crippen molar-refractivity contribution >= 4 is 0 Å². The van der Waals surface area contributed by atoms with E-state index in [1.807, 2.05) is 13.0 Å². The summed E-state index contributed by atoms with van der Waals surface area (Å²) in [7, 11) is 0. The van der Waals surface area contributed by atoms with Gasteiger partial charge in [0.25, 0.3) is 0 Å². The minimum atomic E-state index is 0.707. The van der Waals surface area contributed by atoms with Gasteiger partial charge in [0, 0.05) is 0 Å². The topological polar surface area (TPSA) is 9.23 Å². The number of benzene rings is 1. The highest BCUT2D eigenvalue weighted by Gasteiger charge is 2.30. The van der Waals surface area contributed by atoms with E-state index in [0.29, 0.717) is 13.2 Å². The molecule has 2 aliphatic rings. The van der Waals surface area contributed by atoms with E-state index in [-0.39, 0.29) is 0 Å². The van der Waals surface area contributed by atoms with E-state index in [0.717, 1.165) is 23.7 Å². The summed E-state index contributed by atoms with van der Waals surface area (Å²) in [5.74, 6) is 3.64. The summed E-state index contributed by atoms with van der Waals surface area (Å²) >= 11 is 0. The van der Waals surface area contributed by atoms with Crippen LogP contribution in [0.5, 0.6) is 0 Å². The molecule has 0 N–H and O–H groups in total. The molecule has 0 atom stereocenters. The van der Waals surface area contributed by atoms with Gasteiger partial charge in [0.15, 0.2) is 0 Å². The lowest BCUT2D eigenvalue weighted by molar-refractivity contribution is 0.148. The highest BCUT2D eigenvalue weighted by atomic mass is 16.5. The van der Waals surface area contributed by atoms with Gasteiger partial charge in [-0.2, -0.15) is 0 Å². The van der Waals surface area contributed by atoms with Crippen molar-refractivity contribution in [3.8, 4) is 0 Å². The van der Waals surface area contributed by atoms with Crippen LogP contribution in [0, 0.1) is 17.8 Å². The first-order chi connectivity index (χ1) is 13.8. The van der Waals surface area contributed by atoms with E-state index >= 15 is 0 Å². The van der Waals surface area contributed by atoms with Crippen LogP contribution in [0.3, 0.4) is 0 Å². The predicted molar refractivity (Wildman–Crippen MR) is 120 cm³/mol. The zero-order chi connectivity index (χ0) is 19.6. The number of ether oxygens (including phenoxy) is 1. The average Bonchev–Trinajstić information content (AvgIpc) is 2.76. The van der Waals surface area contributed by atoms with Crippen molar-refractivity contribution in [2.75, 3.05) is 6.61 Å². The van der Waals surface area contributed by atoms with Gasteiger partial charge in [-0.3, -0.25) is 0 Å². The van der Waals surface area contributed by atoms with Gasteiger partial charge in [-0.25, -0.2) is 0 Å². The molecule has 0 spiro atoms. The molecular formula is C27H40O. The molecule has 2 fully saturated rings. The van der Waals surface area contributed by atoms with Gasteiger partial charge >= 0.3 is 0 Å². The lowest BCUT2D eigenvalue weighted by atomic mass is 9.68. The van der Waals surface area contributed by atoms with E-state index in [4.69, 9.17) is 4.74 Å². The van der Waals surface area contributed by atoms with Crippen LogP contribution in [0.4, 0.5) is 0 Å². The van der Waals surface area contributed by atoms with Crippen LogP contribution >= 0.6 is 0 Å². The molecule has 154 valence electrons. The zero-order valence-corrected chi connectivity index (χ0v) is 18.1. The summed E-state index contributed by atoms with van der Waals surface area (Å²) < 4.78 is 5.66. The molecule has 0 amide bonds. The van der Waals surface area contributed by atoms with E-state index < -0.39 is 0 Å². The molecule has 0 bridgehead atoms. The molecular weight excluding hydrogens is 340 g/mol. The average molecular weight is 381 g/mol. The summed E-state index contributed by atoms with van der Waals surface area (Å²) in [6.45, 7) is 5.70. The predicted octanol–water partition coefficient (Wildman–Crippen LogP) is 7.83. The second-order valence-electron chi connectivity index (χ2n) is 8.95. The third-order valence-electron chi connectivity index (χ3n) is 7.07. The van der Waals surface area contributed by atoms with Crippen LogP contribution in [-0.2, 0) is 11.3 Å². The highest BCUT2D eigenvalue weighted by molar-refractivity contribution is 5.25. The summed E-state index contributed by atoms with van der Waals surface area (Å²) in [6.07, 6.45) is 21.6.